The van der Waals surface area contributed by atoms with Gasteiger partial charge in [0.1, 0.15) is 5.60 Å². The SMILES string of the molecule is COc1ccc(C2=NN(C3CCNCC3)C(=O)[C@H]3CC=CC[C@@H]23)c2c1OC(C)(C)C2.Cl. The number of piperidine rings is 1. The van der Waals surface area contributed by atoms with Crippen LogP contribution in [0.25, 0.3) is 0 Å². The number of nitrogens with one attached hydrogen (secondary N) is 1. The van der Waals surface area contributed by atoms with Gasteiger partial charge in [-0.1, -0.05) is 12.2 Å². The van der Waals surface area contributed by atoms with E-state index in [4.69, 9.17) is 14.6 Å². The zero-order valence-electron chi connectivity index (χ0n) is 18.5. The number of ether oxygens (including phenoxy) is 2. The van der Waals surface area contributed by atoms with E-state index in [-0.39, 0.29) is 41.8 Å². The highest BCUT2D eigenvalue weighted by atomic mass is 35.5. The number of methoxy groups -OCH3 is 1. The standard InChI is InChI=1S/C24H31N3O3.ClH/c1-24(2)14-19-17(8-9-20(29-3)22(19)30-24)21-16-6-4-5-7-18(16)23(28)27(26-21)15-10-12-25-13-11-15;/h4-5,8-9,15-16,18,25H,6-7,10-14H2,1-3H3;1H/t16-,18+;/m1./s1. The highest BCUT2D eigenvalue weighted by Gasteiger charge is 2.44. The van der Waals surface area contributed by atoms with Crippen LogP contribution in [0, 0.1) is 11.8 Å². The molecule has 3 aliphatic heterocycles. The Morgan fingerprint density at radius 3 is 2.58 bits per heavy atom. The van der Waals surface area contributed by atoms with Crippen molar-refractivity contribution in [1.29, 1.82) is 0 Å². The fourth-order valence-corrected chi connectivity index (χ4v) is 5.40. The van der Waals surface area contributed by atoms with E-state index in [0.717, 1.165) is 73.5 Å². The van der Waals surface area contributed by atoms with Crippen molar-refractivity contribution in [2.75, 3.05) is 20.2 Å². The van der Waals surface area contributed by atoms with Gasteiger partial charge in [-0.3, -0.25) is 4.79 Å². The third kappa shape index (κ3) is 3.85. The topological polar surface area (TPSA) is 63.2 Å². The van der Waals surface area contributed by atoms with Gasteiger partial charge in [0.25, 0.3) is 0 Å². The molecule has 31 heavy (non-hydrogen) atoms. The van der Waals surface area contributed by atoms with Crippen LogP contribution in [0.2, 0.25) is 0 Å². The Kier molecular flexibility index (Phi) is 6.05. The van der Waals surface area contributed by atoms with Crippen molar-refractivity contribution >= 4 is 24.0 Å². The number of carbonyl (C=O) groups is 1. The molecule has 0 saturated carbocycles. The number of allylic oxidation sites excluding steroid dienone is 2. The minimum Gasteiger partial charge on any atom is -0.493 e. The van der Waals surface area contributed by atoms with Gasteiger partial charge in [-0.15, -0.1) is 12.4 Å². The molecule has 1 amide bonds. The van der Waals surface area contributed by atoms with Crippen LogP contribution in [-0.2, 0) is 11.2 Å². The Morgan fingerprint density at radius 2 is 1.87 bits per heavy atom. The minimum atomic E-state index is -0.280. The number of halogens is 1. The maximum absolute atomic E-state index is 13.4. The first-order chi connectivity index (χ1) is 14.5. The molecule has 1 saturated heterocycles. The van der Waals surface area contributed by atoms with E-state index in [1.165, 1.54) is 0 Å². The van der Waals surface area contributed by atoms with Crippen LogP contribution in [0.1, 0.15) is 50.7 Å². The third-order valence-electron chi connectivity index (χ3n) is 6.90. The predicted molar refractivity (Wildman–Crippen MR) is 123 cm³/mol. The van der Waals surface area contributed by atoms with E-state index in [9.17, 15) is 4.79 Å². The van der Waals surface area contributed by atoms with Crippen molar-refractivity contribution in [3.8, 4) is 11.5 Å². The monoisotopic (exact) mass is 445 g/mol. The Hall–Kier alpha value is -2.05. The smallest absolute Gasteiger partial charge is 0.247 e. The van der Waals surface area contributed by atoms with Gasteiger partial charge in [0.05, 0.1) is 24.8 Å². The predicted octanol–water partition coefficient (Wildman–Crippen LogP) is 3.71. The van der Waals surface area contributed by atoms with Crippen molar-refractivity contribution in [1.82, 2.24) is 10.3 Å². The summed E-state index contributed by atoms with van der Waals surface area (Å²) in [4.78, 5) is 13.4. The second kappa shape index (κ2) is 8.47. The molecule has 1 aromatic carbocycles. The molecule has 1 fully saturated rings. The number of carbonyl (C=O) groups excluding carboxylic acids is 1. The summed E-state index contributed by atoms with van der Waals surface area (Å²) in [6, 6.07) is 4.28. The lowest BCUT2D eigenvalue weighted by atomic mass is 9.75. The Bertz CT molecular complexity index is 921. The van der Waals surface area contributed by atoms with Gasteiger partial charge < -0.3 is 14.8 Å². The molecule has 0 radical (unpaired) electrons. The molecule has 1 N–H and O–H groups in total. The second-order valence-electron chi connectivity index (χ2n) is 9.47. The molecule has 0 unspecified atom stereocenters. The summed E-state index contributed by atoms with van der Waals surface area (Å²) in [5, 5.41) is 10.3. The van der Waals surface area contributed by atoms with Crippen LogP contribution in [-0.4, -0.2) is 48.5 Å². The van der Waals surface area contributed by atoms with Crippen molar-refractivity contribution in [3.63, 3.8) is 0 Å². The molecular weight excluding hydrogens is 414 g/mol. The van der Waals surface area contributed by atoms with Gasteiger partial charge in [-0.2, -0.15) is 5.10 Å². The number of hydrogen-bond donors (Lipinski definition) is 1. The van der Waals surface area contributed by atoms with Crippen LogP contribution >= 0.6 is 12.4 Å². The number of hydrogen-bond acceptors (Lipinski definition) is 5. The molecule has 4 aliphatic rings. The number of hydrazone groups is 1. The summed E-state index contributed by atoms with van der Waals surface area (Å²) in [5.41, 5.74) is 3.04. The van der Waals surface area contributed by atoms with Crippen LogP contribution in [0.4, 0.5) is 0 Å². The highest BCUT2D eigenvalue weighted by molar-refractivity contribution is 6.08. The van der Waals surface area contributed by atoms with Crippen LogP contribution in [0.15, 0.2) is 29.4 Å². The molecule has 2 atom stereocenters. The van der Waals surface area contributed by atoms with E-state index in [2.05, 4.69) is 37.4 Å². The van der Waals surface area contributed by atoms with Crippen LogP contribution in [0.3, 0.4) is 0 Å². The quantitative estimate of drug-likeness (QED) is 0.720. The molecule has 168 valence electrons. The Morgan fingerprint density at radius 1 is 1.16 bits per heavy atom. The number of benzene rings is 1. The molecule has 1 aromatic rings. The molecule has 0 aromatic heterocycles. The maximum Gasteiger partial charge on any atom is 0.247 e. The van der Waals surface area contributed by atoms with Crippen molar-refractivity contribution in [2.45, 2.75) is 57.6 Å². The molecular formula is C24H32ClN3O3. The van der Waals surface area contributed by atoms with E-state index in [1.54, 1.807) is 7.11 Å². The zero-order valence-corrected chi connectivity index (χ0v) is 19.3. The molecule has 0 bridgehead atoms. The van der Waals surface area contributed by atoms with Crippen LogP contribution < -0.4 is 14.8 Å². The van der Waals surface area contributed by atoms with Gasteiger partial charge in [0, 0.05) is 23.5 Å². The minimum absolute atomic E-state index is 0. The zero-order chi connectivity index (χ0) is 20.9. The fraction of sp³-hybridized carbons (Fsp3) is 0.583. The number of fused-ring (bicyclic) bond motifs is 2. The molecule has 6 nitrogen and oxygen atoms in total. The summed E-state index contributed by atoms with van der Waals surface area (Å²) in [6.45, 7) is 6.09. The van der Waals surface area contributed by atoms with Gasteiger partial charge in [0.2, 0.25) is 5.91 Å². The molecule has 1 aliphatic carbocycles. The summed E-state index contributed by atoms with van der Waals surface area (Å²) in [5.74, 6) is 1.90. The number of nitrogens with zero attached hydrogens (tertiary/aromatic N) is 2. The maximum atomic E-state index is 13.4. The lowest BCUT2D eigenvalue weighted by molar-refractivity contribution is -0.141. The average Bonchev–Trinajstić information content (AvgIpc) is 3.09. The summed E-state index contributed by atoms with van der Waals surface area (Å²) < 4.78 is 11.9. The summed E-state index contributed by atoms with van der Waals surface area (Å²) >= 11 is 0. The molecule has 7 heteroatoms. The Labute approximate surface area is 190 Å². The highest BCUT2D eigenvalue weighted by Crippen LogP contribution is 2.46. The summed E-state index contributed by atoms with van der Waals surface area (Å²) in [6.07, 6.45) is 8.73. The van der Waals surface area contributed by atoms with Gasteiger partial charge in [0.15, 0.2) is 11.5 Å². The first-order valence-electron chi connectivity index (χ1n) is 11.1. The van der Waals surface area contributed by atoms with E-state index >= 15 is 0 Å². The van der Waals surface area contributed by atoms with Gasteiger partial charge in [-0.25, -0.2) is 5.01 Å². The molecule has 5 rings (SSSR count). The largest absolute Gasteiger partial charge is 0.493 e. The third-order valence-corrected chi connectivity index (χ3v) is 6.90. The lowest BCUT2D eigenvalue weighted by Crippen LogP contribution is -2.51. The second-order valence-corrected chi connectivity index (χ2v) is 9.47. The van der Waals surface area contributed by atoms with Crippen molar-refractivity contribution in [3.05, 3.63) is 35.4 Å². The summed E-state index contributed by atoms with van der Waals surface area (Å²) in [7, 11) is 1.68. The fourth-order valence-electron chi connectivity index (χ4n) is 5.40. The van der Waals surface area contributed by atoms with Crippen molar-refractivity contribution in [2.24, 2.45) is 16.9 Å². The van der Waals surface area contributed by atoms with Gasteiger partial charge >= 0.3 is 0 Å². The Balaban J connectivity index is 0.00000231. The van der Waals surface area contributed by atoms with E-state index in [0.29, 0.717) is 0 Å². The average molecular weight is 446 g/mol. The van der Waals surface area contributed by atoms with Crippen molar-refractivity contribution < 1.29 is 14.3 Å². The van der Waals surface area contributed by atoms with E-state index in [1.807, 2.05) is 11.1 Å². The van der Waals surface area contributed by atoms with Crippen LogP contribution in [0.5, 0.6) is 11.5 Å². The molecule has 3 heterocycles. The van der Waals surface area contributed by atoms with E-state index < -0.39 is 0 Å². The molecule has 0 spiro atoms. The number of amides is 1. The number of rotatable bonds is 3. The lowest BCUT2D eigenvalue weighted by Gasteiger charge is -2.41. The first-order valence-corrected chi connectivity index (χ1v) is 11.1. The normalized spacial score (nSPS) is 27.0. The first kappa shape index (κ1) is 22.2. The van der Waals surface area contributed by atoms with Gasteiger partial charge in [-0.05, 0) is 64.8 Å².